The summed E-state index contributed by atoms with van der Waals surface area (Å²) < 4.78 is 10.8. The van der Waals surface area contributed by atoms with Crippen molar-refractivity contribution >= 4 is 34.2 Å². The summed E-state index contributed by atoms with van der Waals surface area (Å²) in [5.41, 5.74) is 2.27. The normalized spacial score (nSPS) is 16.7. The second kappa shape index (κ2) is 11.0. The van der Waals surface area contributed by atoms with Crippen LogP contribution in [0.15, 0.2) is 58.5 Å². The second-order valence-corrected chi connectivity index (χ2v) is 9.39. The van der Waals surface area contributed by atoms with E-state index >= 15 is 0 Å². The van der Waals surface area contributed by atoms with Crippen molar-refractivity contribution in [2.24, 2.45) is 9.98 Å². The molecular formula is C26H32N4O3S. The monoisotopic (exact) mass is 480 g/mol. The number of hydrogen-bond donors (Lipinski definition) is 1. The zero-order valence-electron chi connectivity index (χ0n) is 20.0. The quantitative estimate of drug-likeness (QED) is 0.571. The molecule has 0 bridgehead atoms. The smallest absolute Gasteiger partial charge is 0.321 e. The lowest BCUT2D eigenvalue weighted by Crippen LogP contribution is -2.46. The molecule has 180 valence electrons. The molecule has 7 nitrogen and oxygen atoms in total. The summed E-state index contributed by atoms with van der Waals surface area (Å²) in [4.78, 5) is 24.9. The van der Waals surface area contributed by atoms with Crippen molar-refractivity contribution in [3.8, 4) is 11.5 Å². The van der Waals surface area contributed by atoms with Crippen LogP contribution in [0.5, 0.6) is 11.5 Å². The molecule has 2 amide bonds. The van der Waals surface area contributed by atoms with Crippen LogP contribution in [0.2, 0.25) is 0 Å². The zero-order valence-corrected chi connectivity index (χ0v) is 20.9. The van der Waals surface area contributed by atoms with Crippen molar-refractivity contribution in [1.82, 2.24) is 4.90 Å². The molecule has 2 aliphatic rings. The van der Waals surface area contributed by atoms with Gasteiger partial charge in [-0.05, 0) is 67.6 Å². The molecule has 0 atom stereocenters. The van der Waals surface area contributed by atoms with Crippen molar-refractivity contribution in [1.29, 1.82) is 0 Å². The topological polar surface area (TPSA) is 75.5 Å². The van der Waals surface area contributed by atoms with Crippen LogP contribution in [-0.4, -0.2) is 59.9 Å². The molecule has 0 aromatic heterocycles. The van der Waals surface area contributed by atoms with Gasteiger partial charge in [0.15, 0.2) is 5.66 Å². The molecule has 2 aliphatic heterocycles. The fraction of sp³-hybridized carbons (Fsp3) is 0.423. The van der Waals surface area contributed by atoms with Gasteiger partial charge in [-0.15, -0.1) is 11.8 Å². The molecule has 1 N–H and O–H groups in total. The lowest BCUT2D eigenvalue weighted by molar-refractivity contribution is 0.175. The van der Waals surface area contributed by atoms with E-state index in [1.54, 1.807) is 18.9 Å². The van der Waals surface area contributed by atoms with Crippen molar-refractivity contribution in [2.75, 3.05) is 37.9 Å². The van der Waals surface area contributed by atoms with E-state index in [0.29, 0.717) is 32.5 Å². The predicted molar refractivity (Wildman–Crippen MR) is 140 cm³/mol. The number of likely N-dealkylation sites (tertiary alicyclic amines) is 1. The van der Waals surface area contributed by atoms with Gasteiger partial charge < -0.3 is 19.7 Å². The van der Waals surface area contributed by atoms with Gasteiger partial charge in [0.05, 0.1) is 19.4 Å². The van der Waals surface area contributed by atoms with Crippen molar-refractivity contribution in [3.63, 3.8) is 0 Å². The van der Waals surface area contributed by atoms with Crippen LogP contribution in [0.4, 0.5) is 10.5 Å². The average molecular weight is 481 g/mol. The van der Waals surface area contributed by atoms with Crippen LogP contribution in [0.1, 0.15) is 38.7 Å². The first kappa shape index (κ1) is 24.1. The van der Waals surface area contributed by atoms with Crippen LogP contribution >= 0.6 is 11.8 Å². The van der Waals surface area contributed by atoms with Crippen LogP contribution in [0.25, 0.3) is 0 Å². The number of rotatable bonds is 7. The minimum Gasteiger partial charge on any atom is -0.497 e. The number of carbonyl (C=O) groups is 1. The van der Waals surface area contributed by atoms with Crippen LogP contribution < -0.4 is 14.8 Å². The van der Waals surface area contributed by atoms with E-state index in [0.717, 1.165) is 45.7 Å². The molecule has 1 fully saturated rings. The van der Waals surface area contributed by atoms with Gasteiger partial charge in [-0.3, -0.25) is 4.99 Å². The number of hydrogen-bond acceptors (Lipinski definition) is 6. The molecule has 0 unspecified atom stereocenters. The third-order valence-corrected chi connectivity index (χ3v) is 7.08. The second-order valence-electron chi connectivity index (χ2n) is 8.31. The Balaban J connectivity index is 1.43. The van der Waals surface area contributed by atoms with Crippen molar-refractivity contribution < 1.29 is 14.3 Å². The van der Waals surface area contributed by atoms with Crippen LogP contribution in [0.3, 0.4) is 0 Å². The first-order chi connectivity index (χ1) is 16.6. The molecule has 1 spiro atoms. The molecule has 0 radical (unpaired) electrons. The number of benzene rings is 2. The molecule has 8 heteroatoms. The Hall–Kier alpha value is -3.00. The van der Waals surface area contributed by atoms with Crippen LogP contribution in [0, 0.1) is 0 Å². The maximum atomic E-state index is 12.8. The summed E-state index contributed by atoms with van der Waals surface area (Å²) >= 11 is 1.76. The summed E-state index contributed by atoms with van der Waals surface area (Å²) in [6.45, 7) is 5.95. The summed E-state index contributed by atoms with van der Waals surface area (Å²) in [6, 6.07) is 15.3. The van der Waals surface area contributed by atoms with Gasteiger partial charge in [0.1, 0.15) is 16.5 Å². The highest BCUT2D eigenvalue weighted by atomic mass is 32.2. The molecule has 2 aromatic rings. The maximum Gasteiger partial charge on any atom is 0.321 e. The number of anilines is 1. The van der Waals surface area contributed by atoms with Gasteiger partial charge in [0.25, 0.3) is 0 Å². The Morgan fingerprint density at radius 3 is 2.32 bits per heavy atom. The lowest BCUT2D eigenvalue weighted by Gasteiger charge is -2.35. The largest absolute Gasteiger partial charge is 0.497 e. The molecule has 34 heavy (non-hydrogen) atoms. The number of piperidine rings is 1. The maximum absolute atomic E-state index is 12.8. The summed E-state index contributed by atoms with van der Waals surface area (Å²) in [5, 5.41) is 3.99. The third kappa shape index (κ3) is 5.55. The molecule has 2 aromatic carbocycles. The van der Waals surface area contributed by atoms with Gasteiger partial charge in [0.2, 0.25) is 0 Å². The van der Waals surface area contributed by atoms with Gasteiger partial charge in [-0.2, -0.15) is 0 Å². The molecule has 0 aliphatic carbocycles. The van der Waals surface area contributed by atoms with E-state index in [2.05, 4.69) is 12.2 Å². The number of carbonyl (C=O) groups excluding carboxylic acids is 1. The van der Waals surface area contributed by atoms with Gasteiger partial charge in [0, 0.05) is 37.2 Å². The Kier molecular flexibility index (Phi) is 7.77. The molecule has 2 heterocycles. The Morgan fingerprint density at radius 1 is 1.03 bits per heavy atom. The number of amides is 2. The molecule has 1 saturated heterocycles. The highest BCUT2D eigenvalue weighted by Crippen LogP contribution is 2.36. The fourth-order valence-corrected chi connectivity index (χ4v) is 4.99. The highest BCUT2D eigenvalue weighted by molar-refractivity contribution is 8.15. The third-order valence-electron chi connectivity index (χ3n) is 5.91. The first-order valence-corrected chi connectivity index (χ1v) is 12.8. The highest BCUT2D eigenvalue weighted by Gasteiger charge is 2.40. The van der Waals surface area contributed by atoms with E-state index < -0.39 is 5.66 Å². The number of urea groups is 1. The number of ether oxygens (including phenoxy) is 2. The molecule has 0 saturated carbocycles. The van der Waals surface area contributed by atoms with Crippen molar-refractivity contribution in [2.45, 2.75) is 38.8 Å². The minimum absolute atomic E-state index is 0.0964. The first-order valence-electron chi connectivity index (χ1n) is 11.8. The molecular weight excluding hydrogens is 448 g/mol. The van der Waals surface area contributed by atoms with E-state index in [4.69, 9.17) is 19.5 Å². The Morgan fingerprint density at radius 2 is 1.71 bits per heavy atom. The Bertz CT molecular complexity index is 1040. The predicted octanol–water partition coefficient (Wildman–Crippen LogP) is 5.46. The zero-order chi connectivity index (χ0) is 24.0. The average Bonchev–Trinajstić information content (AvgIpc) is 3.22. The summed E-state index contributed by atoms with van der Waals surface area (Å²) in [6.07, 6.45) is 2.49. The number of nitrogens with one attached hydrogen (secondary N) is 1. The van der Waals surface area contributed by atoms with E-state index in [-0.39, 0.29) is 6.03 Å². The number of methoxy groups -OCH3 is 1. The molecule has 4 rings (SSSR count). The number of nitrogens with zero attached hydrogens (tertiary/aromatic N) is 3. The number of thioether (sulfide) groups is 1. The van der Waals surface area contributed by atoms with Crippen molar-refractivity contribution in [3.05, 3.63) is 54.1 Å². The van der Waals surface area contributed by atoms with E-state index in [1.165, 1.54) is 0 Å². The SMILES string of the molecule is CCCSC1=NC2(CCN(C(=O)Nc3ccc(OCC)cc3)CC2)N=C1c1ccc(OC)cc1. The van der Waals surface area contributed by atoms with Crippen LogP contribution in [-0.2, 0) is 0 Å². The fourth-order valence-electron chi connectivity index (χ4n) is 4.05. The van der Waals surface area contributed by atoms with Gasteiger partial charge in [-0.1, -0.05) is 6.92 Å². The van der Waals surface area contributed by atoms with Gasteiger partial charge in [-0.25, -0.2) is 9.79 Å². The number of aliphatic imine (C=N–C) groups is 2. The summed E-state index contributed by atoms with van der Waals surface area (Å²) in [5.74, 6) is 2.62. The van der Waals surface area contributed by atoms with E-state index in [9.17, 15) is 4.79 Å². The Labute approximate surface area is 205 Å². The standard InChI is InChI=1S/C26H32N4O3S/c1-4-18-34-24-23(19-6-10-21(32-3)11-7-19)28-26(29-24)14-16-30(17-15-26)25(31)27-20-8-12-22(13-9-20)33-5-2/h6-13H,4-5,14-18H2,1-3H3,(H,27,31). The van der Waals surface area contributed by atoms with E-state index in [1.807, 2.05) is 60.4 Å². The van der Waals surface area contributed by atoms with Gasteiger partial charge >= 0.3 is 6.03 Å². The minimum atomic E-state index is -0.485. The lowest BCUT2D eigenvalue weighted by atomic mass is 9.98. The summed E-state index contributed by atoms with van der Waals surface area (Å²) in [7, 11) is 1.67.